The van der Waals surface area contributed by atoms with Crippen molar-refractivity contribution in [3.63, 3.8) is 0 Å². The third kappa shape index (κ3) is 3.49. The number of hydrogen-bond acceptors (Lipinski definition) is 4. The second-order valence-corrected chi connectivity index (χ2v) is 5.41. The molecule has 0 aliphatic heterocycles. The van der Waals surface area contributed by atoms with Crippen molar-refractivity contribution in [1.82, 2.24) is 4.72 Å². The molecule has 0 spiro atoms. The van der Waals surface area contributed by atoms with Gasteiger partial charge in [-0.15, -0.1) is 0 Å². The number of carbonyl (C=O) groups is 1. The minimum atomic E-state index is -3.97. The van der Waals surface area contributed by atoms with Crippen LogP contribution in [-0.4, -0.2) is 37.2 Å². The van der Waals surface area contributed by atoms with Gasteiger partial charge < -0.3 is 10.2 Å². The van der Waals surface area contributed by atoms with Crippen LogP contribution in [-0.2, 0) is 10.0 Å². The van der Waals surface area contributed by atoms with E-state index < -0.39 is 33.5 Å². The molecule has 0 radical (unpaired) electrons. The monoisotopic (exact) mass is 277 g/mol. The first-order valence-corrected chi connectivity index (χ1v) is 6.43. The first-order chi connectivity index (χ1) is 8.24. The lowest BCUT2D eigenvalue weighted by atomic mass is 10.2. The second-order valence-electron chi connectivity index (χ2n) is 3.65. The van der Waals surface area contributed by atoms with Crippen molar-refractivity contribution in [3.8, 4) is 0 Å². The Bertz CT molecular complexity index is 555. The van der Waals surface area contributed by atoms with Gasteiger partial charge in [-0.1, -0.05) is 0 Å². The number of aromatic carboxylic acids is 1. The van der Waals surface area contributed by atoms with Crippen molar-refractivity contribution in [3.05, 3.63) is 29.6 Å². The molecule has 1 aromatic carbocycles. The zero-order chi connectivity index (χ0) is 13.9. The highest BCUT2D eigenvalue weighted by molar-refractivity contribution is 7.89. The van der Waals surface area contributed by atoms with Gasteiger partial charge in [-0.05, 0) is 25.1 Å². The predicted octanol–water partition coefficient (Wildman–Crippen LogP) is 0.183. The van der Waals surface area contributed by atoms with Gasteiger partial charge >= 0.3 is 5.97 Å². The smallest absolute Gasteiger partial charge is 0.338 e. The van der Waals surface area contributed by atoms with Crippen LogP contribution in [0.4, 0.5) is 4.39 Å². The van der Waals surface area contributed by atoms with Crippen LogP contribution in [0, 0.1) is 5.82 Å². The van der Waals surface area contributed by atoms with E-state index in [9.17, 15) is 17.6 Å². The summed E-state index contributed by atoms with van der Waals surface area (Å²) in [6.07, 6.45) is -0.890. The lowest BCUT2D eigenvalue weighted by molar-refractivity contribution is 0.0691. The zero-order valence-electron chi connectivity index (χ0n) is 9.42. The van der Waals surface area contributed by atoms with Gasteiger partial charge in [0.1, 0.15) is 5.82 Å². The number of nitrogens with one attached hydrogen (secondary N) is 1. The summed E-state index contributed by atoms with van der Waals surface area (Å²) in [6, 6.07) is 2.44. The molecule has 0 aliphatic carbocycles. The van der Waals surface area contributed by atoms with Gasteiger partial charge in [-0.2, -0.15) is 0 Å². The molecule has 0 amide bonds. The fourth-order valence-electron chi connectivity index (χ4n) is 1.15. The Morgan fingerprint density at radius 3 is 2.61 bits per heavy atom. The molecule has 0 heterocycles. The Kier molecular flexibility index (Phi) is 4.38. The first-order valence-electron chi connectivity index (χ1n) is 4.94. The number of halogens is 1. The van der Waals surface area contributed by atoms with Crippen molar-refractivity contribution in [1.29, 1.82) is 0 Å². The van der Waals surface area contributed by atoms with Crippen LogP contribution in [0.5, 0.6) is 0 Å². The van der Waals surface area contributed by atoms with E-state index >= 15 is 0 Å². The summed E-state index contributed by atoms with van der Waals surface area (Å²) in [5, 5.41) is 17.6. The number of aliphatic hydroxyl groups is 1. The highest BCUT2D eigenvalue weighted by Gasteiger charge is 2.19. The summed E-state index contributed by atoms with van der Waals surface area (Å²) in [6.45, 7) is 1.16. The van der Waals surface area contributed by atoms with Crippen LogP contribution in [0.2, 0.25) is 0 Å². The minimum absolute atomic E-state index is 0.220. The number of hydrogen-bond donors (Lipinski definition) is 3. The Morgan fingerprint density at radius 2 is 2.11 bits per heavy atom. The molecular formula is C10H12FNO5S. The maximum atomic E-state index is 13.1. The summed E-state index contributed by atoms with van der Waals surface area (Å²) in [7, 11) is -3.97. The Labute approximate surface area is 103 Å². The van der Waals surface area contributed by atoms with Gasteiger partial charge in [0.15, 0.2) is 0 Å². The Morgan fingerprint density at radius 1 is 1.50 bits per heavy atom. The predicted molar refractivity (Wildman–Crippen MR) is 60.2 cm³/mol. The molecule has 0 bridgehead atoms. The van der Waals surface area contributed by atoms with Crippen LogP contribution >= 0.6 is 0 Å². The number of sulfonamides is 1. The van der Waals surface area contributed by atoms with Crippen LogP contribution in [0.25, 0.3) is 0 Å². The van der Waals surface area contributed by atoms with E-state index in [-0.39, 0.29) is 11.4 Å². The first kappa shape index (κ1) is 14.6. The molecule has 0 unspecified atom stereocenters. The number of carboxylic acids is 1. The topological polar surface area (TPSA) is 104 Å². The largest absolute Gasteiger partial charge is 0.478 e. The molecule has 100 valence electrons. The fraction of sp³-hybridized carbons (Fsp3) is 0.300. The molecule has 6 nitrogen and oxygen atoms in total. The molecular weight excluding hydrogens is 265 g/mol. The van der Waals surface area contributed by atoms with E-state index in [4.69, 9.17) is 10.2 Å². The molecule has 0 aliphatic rings. The van der Waals surface area contributed by atoms with Crippen molar-refractivity contribution < 1.29 is 27.8 Å². The van der Waals surface area contributed by atoms with E-state index in [0.29, 0.717) is 0 Å². The molecule has 0 saturated heterocycles. The zero-order valence-corrected chi connectivity index (χ0v) is 10.2. The lowest BCUT2D eigenvalue weighted by Crippen LogP contribution is -2.30. The molecule has 1 rings (SSSR count). The van der Waals surface area contributed by atoms with Gasteiger partial charge in [-0.25, -0.2) is 22.3 Å². The Hall–Kier alpha value is -1.51. The van der Waals surface area contributed by atoms with Gasteiger partial charge in [0.2, 0.25) is 10.0 Å². The average Bonchev–Trinajstić information content (AvgIpc) is 2.26. The van der Waals surface area contributed by atoms with Crippen LogP contribution in [0.1, 0.15) is 17.3 Å². The van der Waals surface area contributed by atoms with E-state index in [1.165, 1.54) is 6.92 Å². The van der Waals surface area contributed by atoms with Gasteiger partial charge in [0.05, 0.1) is 16.6 Å². The van der Waals surface area contributed by atoms with E-state index in [1.807, 2.05) is 0 Å². The maximum Gasteiger partial charge on any atom is 0.338 e. The fourth-order valence-corrected chi connectivity index (χ4v) is 2.30. The number of benzene rings is 1. The number of aliphatic hydroxyl groups excluding tert-OH is 1. The highest BCUT2D eigenvalue weighted by atomic mass is 32.2. The van der Waals surface area contributed by atoms with Crippen molar-refractivity contribution in [2.75, 3.05) is 6.54 Å². The van der Waals surface area contributed by atoms with Crippen LogP contribution in [0.15, 0.2) is 23.1 Å². The quantitative estimate of drug-likeness (QED) is 0.712. The molecule has 18 heavy (non-hydrogen) atoms. The molecule has 3 N–H and O–H groups in total. The van der Waals surface area contributed by atoms with Gasteiger partial charge in [0, 0.05) is 6.54 Å². The number of carboxylic acid groups (broad SMARTS) is 1. The summed E-state index contributed by atoms with van der Waals surface area (Å²) in [4.78, 5) is 10.3. The second kappa shape index (κ2) is 5.42. The van der Waals surface area contributed by atoms with E-state index in [2.05, 4.69) is 4.72 Å². The number of rotatable bonds is 5. The van der Waals surface area contributed by atoms with Crippen molar-refractivity contribution in [2.45, 2.75) is 17.9 Å². The van der Waals surface area contributed by atoms with E-state index in [0.717, 1.165) is 18.2 Å². The van der Waals surface area contributed by atoms with Crippen LogP contribution < -0.4 is 4.72 Å². The van der Waals surface area contributed by atoms with Crippen molar-refractivity contribution in [2.24, 2.45) is 0 Å². The lowest BCUT2D eigenvalue weighted by Gasteiger charge is -2.09. The molecule has 0 fully saturated rings. The third-order valence-electron chi connectivity index (χ3n) is 2.05. The minimum Gasteiger partial charge on any atom is -0.478 e. The highest BCUT2D eigenvalue weighted by Crippen LogP contribution is 2.15. The molecule has 0 aromatic heterocycles. The van der Waals surface area contributed by atoms with Gasteiger partial charge in [0.25, 0.3) is 0 Å². The summed E-state index contributed by atoms with van der Waals surface area (Å²) in [5.74, 6) is -2.57. The third-order valence-corrected chi connectivity index (χ3v) is 3.47. The normalized spacial score (nSPS) is 13.3. The summed E-state index contributed by atoms with van der Waals surface area (Å²) >= 11 is 0. The molecule has 1 atom stereocenters. The molecule has 0 saturated carbocycles. The van der Waals surface area contributed by atoms with E-state index in [1.54, 1.807) is 0 Å². The van der Waals surface area contributed by atoms with Gasteiger partial charge in [-0.3, -0.25) is 0 Å². The molecule has 8 heteroatoms. The maximum absolute atomic E-state index is 13.1. The van der Waals surface area contributed by atoms with Crippen molar-refractivity contribution >= 4 is 16.0 Å². The van der Waals surface area contributed by atoms with Crippen LogP contribution in [0.3, 0.4) is 0 Å². The summed E-state index contributed by atoms with van der Waals surface area (Å²) in [5.41, 5.74) is -0.727. The Balaban J connectivity index is 3.10. The molecule has 1 aromatic rings. The summed E-state index contributed by atoms with van der Waals surface area (Å²) < 4.78 is 38.5. The standard InChI is InChI=1S/C10H12FNO5S/c1-6(13)5-12-18(16,17)7-2-3-9(11)8(4-7)10(14)15/h2-4,6,12-13H,5H2,1H3,(H,14,15)/t6-/m0/s1. The average molecular weight is 277 g/mol. The SMILES string of the molecule is C[C@H](O)CNS(=O)(=O)c1ccc(F)c(C(=O)O)c1.